The summed E-state index contributed by atoms with van der Waals surface area (Å²) in [6.45, 7) is 6.67. The molecular formula is C26H26N2O2. The summed E-state index contributed by atoms with van der Waals surface area (Å²) in [5.74, 6) is -0.0859. The second-order valence-corrected chi connectivity index (χ2v) is 8.00. The Morgan fingerprint density at radius 2 is 1.60 bits per heavy atom. The van der Waals surface area contributed by atoms with Crippen LogP contribution in [0.2, 0.25) is 0 Å². The molecule has 3 aromatic carbocycles. The maximum absolute atomic E-state index is 13.0. The minimum atomic E-state index is -0.0991. The number of anilines is 2. The Labute approximate surface area is 177 Å². The van der Waals surface area contributed by atoms with Crippen molar-refractivity contribution in [3.05, 3.63) is 94.0 Å². The van der Waals surface area contributed by atoms with Crippen molar-refractivity contribution in [2.24, 2.45) is 0 Å². The quantitative estimate of drug-likeness (QED) is 0.637. The minimum Gasteiger partial charge on any atom is -0.322 e. The maximum atomic E-state index is 13.0. The van der Waals surface area contributed by atoms with E-state index in [1.54, 1.807) is 0 Å². The lowest BCUT2D eigenvalue weighted by Gasteiger charge is -2.30. The van der Waals surface area contributed by atoms with Gasteiger partial charge in [-0.05, 0) is 80.6 Å². The summed E-state index contributed by atoms with van der Waals surface area (Å²) >= 11 is 0. The lowest BCUT2D eigenvalue weighted by molar-refractivity contribution is 0.0983. The zero-order chi connectivity index (χ0) is 21.3. The van der Waals surface area contributed by atoms with Gasteiger partial charge in [-0.2, -0.15) is 0 Å². The molecule has 0 saturated heterocycles. The Bertz CT molecular complexity index is 1100. The molecule has 1 N–H and O–H groups in total. The third kappa shape index (κ3) is 3.86. The monoisotopic (exact) mass is 398 g/mol. The molecule has 2 amide bonds. The van der Waals surface area contributed by atoms with Gasteiger partial charge in [-0.1, -0.05) is 35.9 Å². The molecule has 0 aromatic heterocycles. The number of nitrogens with one attached hydrogen (secondary N) is 1. The van der Waals surface area contributed by atoms with Crippen molar-refractivity contribution in [3.8, 4) is 0 Å². The summed E-state index contributed by atoms with van der Waals surface area (Å²) in [6, 6.07) is 19.2. The van der Waals surface area contributed by atoms with Gasteiger partial charge in [-0.3, -0.25) is 9.59 Å². The Balaban J connectivity index is 1.59. The number of carbonyl (C=O) groups is 2. The maximum Gasteiger partial charge on any atom is 0.258 e. The Morgan fingerprint density at radius 1 is 0.900 bits per heavy atom. The lowest BCUT2D eigenvalue weighted by atomic mass is 9.98. The molecule has 0 atom stereocenters. The van der Waals surface area contributed by atoms with E-state index in [-0.39, 0.29) is 11.8 Å². The fraction of sp³-hybridized carbons (Fsp3) is 0.231. The van der Waals surface area contributed by atoms with E-state index >= 15 is 0 Å². The Hall–Kier alpha value is -3.40. The first-order valence-electron chi connectivity index (χ1n) is 10.3. The zero-order valence-corrected chi connectivity index (χ0v) is 17.7. The van der Waals surface area contributed by atoms with Crippen molar-refractivity contribution >= 4 is 23.2 Å². The molecule has 1 heterocycles. The molecule has 0 saturated carbocycles. The van der Waals surface area contributed by atoms with Crippen LogP contribution in [0.15, 0.2) is 60.7 Å². The van der Waals surface area contributed by atoms with Gasteiger partial charge in [0.25, 0.3) is 11.8 Å². The topological polar surface area (TPSA) is 49.4 Å². The number of carbonyl (C=O) groups excluding carboxylic acids is 2. The van der Waals surface area contributed by atoms with Crippen molar-refractivity contribution in [1.29, 1.82) is 0 Å². The molecule has 4 rings (SSSR count). The number of rotatable bonds is 3. The van der Waals surface area contributed by atoms with Crippen LogP contribution in [0.25, 0.3) is 0 Å². The predicted octanol–water partition coefficient (Wildman–Crippen LogP) is 5.46. The van der Waals surface area contributed by atoms with Gasteiger partial charge in [-0.25, -0.2) is 0 Å². The lowest BCUT2D eigenvalue weighted by Crippen LogP contribution is -2.35. The average Bonchev–Trinajstić information content (AvgIpc) is 2.72. The summed E-state index contributed by atoms with van der Waals surface area (Å²) in [7, 11) is 0. The van der Waals surface area contributed by atoms with Crippen molar-refractivity contribution in [3.63, 3.8) is 0 Å². The van der Waals surface area contributed by atoms with E-state index in [4.69, 9.17) is 0 Å². The molecule has 0 aliphatic carbocycles. The summed E-state index contributed by atoms with van der Waals surface area (Å²) < 4.78 is 0. The highest BCUT2D eigenvalue weighted by molar-refractivity contribution is 6.08. The molecule has 4 nitrogen and oxygen atoms in total. The fourth-order valence-electron chi connectivity index (χ4n) is 4.35. The second kappa shape index (κ2) is 8.15. The highest BCUT2D eigenvalue weighted by Gasteiger charge is 2.24. The van der Waals surface area contributed by atoms with E-state index in [1.165, 1.54) is 0 Å². The first-order chi connectivity index (χ1) is 14.4. The Morgan fingerprint density at radius 3 is 2.30 bits per heavy atom. The van der Waals surface area contributed by atoms with E-state index in [0.717, 1.165) is 52.0 Å². The first kappa shape index (κ1) is 19.9. The predicted molar refractivity (Wildman–Crippen MR) is 121 cm³/mol. The van der Waals surface area contributed by atoms with Gasteiger partial charge in [-0.15, -0.1) is 0 Å². The van der Waals surface area contributed by atoms with Gasteiger partial charge in [0.2, 0.25) is 0 Å². The molecular weight excluding hydrogens is 372 g/mol. The van der Waals surface area contributed by atoms with Crippen LogP contribution in [0.5, 0.6) is 0 Å². The molecule has 0 radical (unpaired) electrons. The number of hydrogen-bond acceptors (Lipinski definition) is 2. The number of benzene rings is 3. The summed E-state index contributed by atoms with van der Waals surface area (Å²) in [6.07, 6.45) is 1.79. The highest BCUT2D eigenvalue weighted by Crippen LogP contribution is 2.31. The smallest absolute Gasteiger partial charge is 0.258 e. The van der Waals surface area contributed by atoms with Crippen molar-refractivity contribution in [1.82, 2.24) is 0 Å². The molecule has 3 aromatic rings. The van der Waals surface area contributed by atoms with Crippen LogP contribution >= 0.6 is 0 Å². The third-order valence-electron chi connectivity index (χ3n) is 5.63. The molecule has 0 unspecified atom stereocenters. The number of hydrogen-bond donors (Lipinski definition) is 1. The van der Waals surface area contributed by atoms with Crippen molar-refractivity contribution in [2.45, 2.75) is 33.6 Å². The molecule has 152 valence electrons. The molecule has 1 aliphatic heterocycles. The third-order valence-corrected chi connectivity index (χ3v) is 5.63. The van der Waals surface area contributed by atoms with Crippen LogP contribution < -0.4 is 10.2 Å². The van der Waals surface area contributed by atoms with E-state index in [9.17, 15) is 9.59 Å². The number of aryl methyl sites for hydroxylation is 4. The normalized spacial score (nSPS) is 13.0. The highest BCUT2D eigenvalue weighted by atomic mass is 16.2. The number of amides is 2. The van der Waals surface area contributed by atoms with Gasteiger partial charge in [0.15, 0.2) is 0 Å². The van der Waals surface area contributed by atoms with Gasteiger partial charge < -0.3 is 10.2 Å². The average molecular weight is 399 g/mol. The number of nitrogens with zero attached hydrogens (tertiary/aromatic N) is 1. The van der Waals surface area contributed by atoms with Gasteiger partial charge in [0.1, 0.15) is 0 Å². The van der Waals surface area contributed by atoms with Crippen LogP contribution in [0.4, 0.5) is 11.4 Å². The molecule has 30 heavy (non-hydrogen) atoms. The van der Waals surface area contributed by atoms with E-state index < -0.39 is 0 Å². The zero-order valence-electron chi connectivity index (χ0n) is 17.7. The van der Waals surface area contributed by atoms with Crippen molar-refractivity contribution < 1.29 is 9.59 Å². The first-order valence-corrected chi connectivity index (χ1v) is 10.3. The van der Waals surface area contributed by atoms with Crippen molar-refractivity contribution in [2.75, 3.05) is 16.8 Å². The molecule has 0 fully saturated rings. The van der Waals surface area contributed by atoms with E-state index in [1.807, 2.05) is 86.3 Å². The van der Waals surface area contributed by atoms with Crippen LogP contribution in [0, 0.1) is 20.8 Å². The summed E-state index contributed by atoms with van der Waals surface area (Å²) in [4.78, 5) is 27.7. The van der Waals surface area contributed by atoms with E-state index in [0.29, 0.717) is 12.1 Å². The van der Waals surface area contributed by atoms with E-state index in [2.05, 4.69) is 5.32 Å². The molecule has 1 aliphatic rings. The van der Waals surface area contributed by atoms with Gasteiger partial charge in [0, 0.05) is 29.0 Å². The van der Waals surface area contributed by atoms with Crippen LogP contribution in [0.1, 0.15) is 49.4 Å². The minimum absolute atomic E-state index is 0.0132. The number of fused-ring (bicyclic) bond motifs is 1. The van der Waals surface area contributed by atoms with Gasteiger partial charge >= 0.3 is 0 Å². The molecule has 0 bridgehead atoms. The molecule has 4 heteroatoms. The fourth-order valence-corrected chi connectivity index (χ4v) is 4.35. The Kier molecular flexibility index (Phi) is 5.40. The van der Waals surface area contributed by atoms with Crippen LogP contribution in [-0.2, 0) is 6.42 Å². The largest absolute Gasteiger partial charge is 0.322 e. The molecule has 0 spiro atoms. The van der Waals surface area contributed by atoms with Crippen LogP contribution in [0.3, 0.4) is 0 Å². The standard InChI is InChI=1S/C26H26N2O2/c1-17-14-18(2)24(19(3)15-17)25(29)27-22-11-12-23-21(16-22)10-7-13-28(23)26(30)20-8-5-4-6-9-20/h4-6,8-9,11-12,14-16H,7,10,13H2,1-3H3,(H,27,29). The van der Waals surface area contributed by atoms with Gasteiger partial charge in [0.05, 0.1) is 0 Å². The second-order valence-electron chi connectivity index (χ2n) is 8.00. The van der Waals surface area contributed by atoms with Crippen LogP contribution in [-0.4, -0.2) is 18.4 Å². The summed E-state index contributed by atoms with van der Waals surface area (Å²) in [5.41, 5.74) is 7.28. The summed E-state index contributed by atoms with van der Waals surface area (Å²) in [5, 5.41) is 3.04. The SMILES string of the molecule is Cc1cc(C)c(C(=O)Nc2ccc3c(c2)CCCN3C(=O)c2ccccc2)c(C)c1.